The molecule has 0 fully saturated rings. The van der Waals surface area contributed by atoms with E-state index in [9.17, 15) is 9.59 Å². The molecule has 1 rings (SSSR count). The van der Waals surface area contributed by atoms with E-state index in [1.807, 2.05) is 0 Å². The molecule has 0 saturated carbocycles. The fraction of sp³-hybridized carbons (Fsp3) is 0.400. The Bertz CT molecular complexity index is 408. The molecule has 1 aromatic rings. The van der Waals surface area contributed by atoms with Gasteiger partial charge in [0, 0.05) is 12.8 Å². The Morgan fingerprint density at radius 1 is 1.41 bits per heavy atom. The smallest absolute Gasteiger partial charge is 0.303 e. The summed E-state index contributed by atoms with van der Waals surface area (Å²) in [5.74, 6) is -1.15. The average Bonchev–Trinajstić information content (AvgIpc) is 2.19. The summed E-state index contributed by atoms with van der Waals surface area (Å²) >= 11 is 5.54. The first kappa shape index (κ1) is 13.4. The van der Waals surface area contributed by atoms with Crippen LogP contribution in [0.4, 0.5) is 5.82 Å². The third kappa shape index (κ3) is 5.26. The van der Waals surface area contributed by atoms with E-state index < -0.39 is 5.97 Å². The standard InChI is InChI=1S/C10H12ClN3O3/c1-6(5-10(16)17)4-9(15)12-8-3-2-7(11)13-14-8/h2-3,6H,4-5H2,1H3,(H,16,17)(H,12,14,15). The summed E-state index contributed by atoms with van der Waals surface area (Å²) in [5.41, 5.74) is 0. The van der Waals surface area contributed by atoms with Crippen molar-refractivity contribution in [3.8, 4) is 0 Å². The SMILES string of the molecule is CC(CC(=O)O)CC(=O)Nc1ccc(Cl)nn1. The first-order valence-electron chi connectivity index (χ1n) is 4.98. The van der Waals surface area contributed by atoms with Crippen molar-refractivity contribution in [3.63, 3.8) is 0 Å². The second-order valence-corrected chi connectivity index (χ2v) is 4.08. The predicted molar refractivity (Wildman–Crippen MR) is 61.7 cm³/mol. The molecule has 6 nitrogen and oxygen atoms in total. The van der Waals surface area contributed by atoms with Gasteiger partial charge in [-0.2, -0.15) is 0 Å². The first-order valence-corrected chi connectivity index (χ1v) is 5.36. The molecule has 1 heterocycles. The van der Waals surface area contributed by atoms with Crippen LogP contribution >= 0.6 is 11.6 Å². The number of nitrogens with zero attached hydrogens (tertiary/aromatic N) is 2. The van der Waals surface area contributed by atoms with Crippen LogP contribution in [0.15, 0.2) is 12.1 Å². The highest BCUT2D eigenvalue weighted by atomic mass is 35.5. The van der Waals surface area contributed by atoms with Gasteiger partial charge in [-0.15, -0.1) is 10.2 Å². The first-order chi connectivity index (χ1) is 7.97. The van der Waals surface area contributed by atoms with E-state index in [0.29, 0.717) is 5.82 Å². The fourth-order valence-electron chi connectivity index (χ4n) is 1.26. The predicted octanol–water partition coefficient (Wildman–Crippen LogP) is 1.57. The maximum Gasteiger partial charge on any atom is 0.303 e. The number of anilines is 1. The van der Waals surface area contributed by atoms with Gasteiger partial charge in [-0.25, -0.2) is 0 Å². The molecule has 17 heavy (non-hydrogen) atoms. The Labute approximate surface area is 103 Å². The Kier molecular flexibility index (Phi) is 4.84. The number of aromatic nitrogens is 2. The zero-order valence-electron chi connectivity index (χ0n) is 9.18. The van der Waals surface area contributed by atoms with Gasteiger partial charge < -0.3 is 10.4 Å². The number of aliphatic carboxylic acids is 1. The monoisotopic (exact) mass is 257 g/mol. The maximum atomic E-state index is 11.5. The van der Waals surface area contributed by atoms with Crippen molar-refractivity contribution in [2.75, 3.05) is 5.32 Å². The summed E-state index contributed by atoms with van der Waals surface area (Å²) in [6.07, 6.45) is 0.0797. The molecule has 0 aromatic carbocycles. The van der Waals surface area contributed by atoms with E-state index >= 15 is 0 Å². The highest BCUT2D eigenvalue weighted by Crippen LogP contribution is 2.10. The van der Waals surface area contributed by atoms with Crippen LogP contribution in [0.5, 0.6) is 0 Å². The highest BCUT2D eigenvalue weighted by Gasteiger charge is 2.13. The lowest BCUT2D eigenvalue weighted by Gasteiger charge is -2.08. The fourth-order valence-corrected chi connectivity index (χ4v) is 1.36. The number of amides is 1. The van der Waals surface area contributed by atoms with Crippen LogP contribution < -0.4 is 5.32 Å². The van der Waals surface area contributed by atoms with Crippen LogP contribution in [0.3, 0.4) is 0 Å². The van der Waals surface area contributed by atoms with Crippen molar-refractivity contribution in [3.05, 3.63) is 17.3 Å². The molecule has 0 saturated heterocycles. The van der Waals surface area contributed by atoms with E-state index in [-0.39, 0.29) is 29.8 Å². The van der Waals surface area contributed by atoms with E-state index in [2.05, 4.69) is 15.5 Å². The lowest BCUT2D eigenvalue weighted by Crippen LogP contribution is -2.17. The largest absolute Gasteiger partial charge is 0.481 e. The minimum Gasteiger partial charge on any atom is -0.481 e. The molecule has 0 aliphatic heterocycles. The zero-order valence-corrected chi connectivity index (χ0v) is 9.94. The minimum absolute atomic E-state index is 0.0419. The van der Waals surface area contributed by atoms with Crippen molar-refractivity contribution in [1.82, 2.24) is 10.2 Å². The lowest BCUT2D eigenvalue weighted by atomic mass is 10.0. The number of carbonyl (C=O) groups excluding carboxylic acids is 1. The molecule has 2 N–H and O–H groups in total. The van der Waals surface area contributed by atoms with E-state index in [0.717, 1.165) is 0 Å². The van der Waals surface area contributed by atoms with Crippen molar-refractivity contribution >= 4 is 29.3 Å². The van der Waals surface area contributed by atoms with Gasteiger partial charge in [0.15, 0.2) is 11.0 Å². The molecule has 1 aromatic heterocycles. The molecule has 0 aliphatic rings. The molecule has 1 amide bonds. The van der Waals surface area contributed by atoms with Gasteiger partial charge in [0.05, 0.1) is 0 Å². The number of nitrogens with one attached hydrogen (secondary N) is 1. The quantitative estimate of drug-likeness (QED) is 0.835. The lowest BCUT2D eigenvalue weighted by molar-refractivity contribution is -0.138. The Morgan fingerprint density at radius 3 is 2.65 bits per heavy atom. The second kappa shape index (κ2) is 6.15. The summed E-state index contributed by atoms with van der Waals surface area (Å²) < 4.78 is 0. The van der Waals surface area contributed by atoms with Crippen LogP contribution in [0, 0.1) is 5.92 Å². The molecule has 0 spiro atoms. The van der Waals surface area contributed by atoms with Crippen molar-refractivity contribution in [1.29, 1.82) is 0 Å². The van der Waals surface area contributed by atoms with Gasteiger partial charge in [-0.05, 0) is 18.1 Å². The van der Waals surface area contributed by atoms with Gasteiger partial charge in [-0.1, -0.05) is 18.5 Å². The topological polar surface area (TPSA) is 92.2 Å². The summed E-state index contributed by atoms with van der Waals surface area (Å²) in [5, 5.41) is 18.5. The maximum absolute atomic E-state index is 11.5. The molecule has 1 unspecified atom stereocenters. The van der Waals surface area contributed by atoms with Crippen LogP contribution in [0.2, 0.25) is 5.15 Å². The van der Waals surface area contributed by atoms with Crippen molar-refractivity contribution < 1.29 is 14.7 Å². The highest BCUT2D eigenvalue weighted by molar-refractivity contribution is 6.29. The molecule has 0 radical (unpaired) electrons. The molecular formula is C10H12ClN3O3. The Hall–Kier alpha value is -1.69. The molecule has 92 valence electrons. The van der Waals surface area contributed by atoms with Crippen LogP contribution in [-0.2, 0) is 9.59 Å². The van der Waals surface area contributed by atoms with E-state index in [1.165, 1.54) is 12.1 Å². The van der Waals surface area contributed by atoms with Gasteiger partial charge in [0.2, 0.25) is 5.91 Å². The number of hydrogen-bond acceptors (Lipinski definition) is 4. The summed E-state index contributed by atoms with van der Waals surface area (Å²) in [4.78, 5) is 21.9. The minimum atomic E-state index is -0.920. The average molecular weight is 258 g/mol. The molecule has 0 aliphatic carbocycles. The van der Waals surface area contributed by atoms with Crippen LogP contribution in [0.25, 0.3) is 0 Å². The third-order valence-corrected chi connectivity index (χ3v) is 2.16. The van der Waals surface area contributed by atoms with Gasteiger partial charge >= 0.3 is 5.97 Å². The number of hydrogen-bond donors (Lipinski definition) is 2. The number of rotatable bonds is 5. The molecule has 7 heteroatoms. The van der Waals surface area contributed by atoms with E-state index in [1.54, 1.807) is 6.92 Å². The van der Waals surface area contributed by atoms with Gasteiger partial charge in [0.25, 0.3) is 0 Å². The molecule has 0 bridgehead atoms. The van der Waals surface area contributed by atoms with E-state index in [4.69, 9.17) is 16.7 Å². The zero-order chi connectivity index (χ0) is 12.8. The Morgan fingerprint density at radius 2 is 2.12 bits per heavy atom. The second-order valence-electron chi connectivity index (χ2n) is 3.70. The normalized spacial score (nSPS) is 11.9. The third-order valence-electron chi connectivity index (χ3n) is 1.96. The van der Waals surface area contributed by atoms with Gasteiger partial charge in [0.1, 0.15) is 0 Å². The number of carboxylic acid groups (broad SMARTS) is 1. The summed E-state index contributed by atoms with van der Waals surface area (Å²) in [7, 11) is 0. The summed E-state index contributed by atoms with van der Waals surface area (Å²) in [6.45, 7) is 1.70. The molecule has 1 atom stereocenters. The number of carbonyl (C=O) groups is 2. The Balaban J connectivity index is 2.44. The van der Waals surface area contributed by atoms with Gasteiger partial charge in [-0.3, -0.25) is 9.59 Å². The van der Waals surface area contributed by atoms with Crippen LogP contribution in [-0.4, -0.2) is 27.2 Å². The summed E-state index contributed by atoms with van der Waals surface area (Å²) in [6, 6.07) is 3.03. The van der Waals surface area contributed by atoms with Crippen LogP contribution in [0.1, 0.15) is 19.8 Å². The molecular weight excluding hydrogens is 246 g/mol. The van der Waals surface area contributed by atoms with Crippen molar-refractivity contribution in [2.24, 2.45) is 5.92 Å². The number of halogens is 1. The van der Waals surface area contributed by atoms with Crippen molar-refractivity contribution in [2.45, 2.75) is 19.8 Å². The number of carboxylic acids is 1.